The van der Waals surface area contributed by atoms with Crippen LogP contribution in [0.25, 0.3) is 0 Å². The van der Waals surface area contributed by atoms with Crippen LogP contribution in [0.2, 0.25) is 0 Å². The van der Waals surface area contributed by atoms with Gasteiger partial charge >= 0.3 is 0 Å². The predicted molar refractivity (Wildman–Crippen MR) is 73.3 cm³/mol. The molecule has 0 atom stereocenters. The Morgan fingerprint density at radius 1 is 1.65 bits per heavy atom. The Hall–Kier alpha value is -1.47. The van der Waals surface area contributed by atoms with E-state index in [1.165, 1.54) is 0 Å². The van der Waals surface area contributed by atoms with Gasteiger partial charge in [-0.25, -0.2) is 0 Å². The van der Waals surface area contributed by atoms with Gasteiger partial charge < -0.3 is 11.1 Å². The highest BCUT2D eigenvalue weighted by molar-refractivity contribution is 7.80. The molecule has 2 heterocycles. The first-order valence-electron chi connectivity index (χ1n) is 5.04. The molecule has 0 fully saturated rings. The van der Waals surface area contributed by atoms with Crippen LogP contribution >= 0.6 is 23.6 Å². The van der Waals surface area contributed by atoms with Gasteiger partial charge in [-0.05, 0) is 6.92 Å². The highest BCUT2D eigenvalue weighted by atomic mass is 32.1. The Bertz CT molecular complexity index is 529. The molecule has 5 nitrogen and oxygen atoms in total. The van der Waals surface area contributed by atoms with Crippen LogP contribution in [-0.4, -0.2) is 19.8 Å². The standard InChI is InChI=1S/C10H13N5S2/c1-6-8(9(11)16)10(15(2)14-6)13-4-7-3-12-5-17-7/h3,5,13H,4H2,1-2H3,(H2,11,16). The molecule has 0 aliphatic heterocycles. The summed E-state index contributed by atoms with van der Waals surface area (Å²) in [6, 6.07) is 0. The predicted octanol–water partition coefficient (Wildman–Crippen LogP) is 1.43. The summed E-state index contributed by atoms with van der Waals surface area (Å²) in [5.41, 5.74) is 9.16. The lowest BCUT2D eigenvalue weighted by atomic mass is 10.2. The van der Waals surface area contributed by atoms with Crippen molar-refractivity contribution < 1.29 is 0 Å². The first-order valence-corrected chi connectivity index (χ1v) is 6.33. The smallest absolute Gasteiger partial charge is 0.134 e. The maximum atomic E-state index is 5.71. The van der Waals surface area contributed by atoms with E-state index in [1.807, 2.05) is 20.2 Å². The van der Waals surface area contributed by atoms with Crippen LogP contribution < -0.4 is 11.1 Å². The van der Waals surface area contributed by atoms with Gasteiger partial charge in [0, 0.05) is 18.1 Å². The fourth-order valence-electron chi connectivity index (χ4n) is 1.66. The second-order valence-corrected chi connectivity index (χ2v) is 5.03. The number of hydrogen-bond acceptors (Lipinski definition) is 5. The van der Waals surface area contributed by atoms with Crippen molar-refractivity contribution in [3.05, 3.63) is 27.8 Å². The minimum absolute atomic E-state index is 0.363. The van der Waals surface area contributed by atoms with Gasteiger partial charge in [-0.1, -0.05) is 12.2 Å². The van der Waals surface area contributed by atoms with Crippen molar-refractivity contribution in [1.82, 2.24) is 14.8 Å². The Morgan fingerprint density at radius 2 is 2.41 bits per heavy atom. The summed E-state index contributed by atoms with van der Waals surface area (Å²) < 4.78 is 1.75. The summed E-state index contributed by atoms with van der Waals surface area (Å²) in [5, 5.41) is 7.60. The fourth-order valence-corrected chi connectivity index (χ4v) is 2.43. The Morgan fingerprint density at radius 3 is 3.00 bits per heavy atom. The number of hydrogen-bond donors (Lipinski definition) is 2. The Balaban J connectivity index is 2.23. The van der Waals surface area contributed by atoms with E-state index in [9.17, 15) is 0 Å². The number of anilines is 1. The van der Waals surface area contributed by atoms with Crippen LogP contribution in [0.3, 0.4) is 0 Å². The third-order valence-corrected chi connectivity index (χ3v) is 3.37. The molecule has 90 valence electrons. The molecule has 3 N–H and O–H groups in total. The van der Waals surface area contributed by atoms with Crippen molar-refractivity contribution in [2.75, 3.05) is 5.32 Å². The molecule has 0 saturated carbocycles. The molecule has 2 rings (SSSR count). The lowest BCUT2D eigenvalue weighted by Crippen LogP contribution is -2.14. The maximum Gasteiger partial charge on any atom is 0.134 e. The van der Waals surface area contributed by atoms with E-state index in [1.54, 1.807) is 21.5 Å². The van der Waals surface area contributed by atoms with Crippen molar-refractivity contribution >= 4 is 34.4 Å². The van der Waals surface area contributed by atoms with Gasteiger partial charge in [0.2, 0.25) is 0 Å². The number of nitrogens with zero attached hydrogens (tertiary/aromatic N) is 3. The number of nitrogens with two attached hydrogens (primary N) is 1. The minimum atomic E-state index is 0.363. The maximum absolute atomic E-state index is 5.71. The summed E-state index contributed by atoms with van der Waals surface area (Å²) in [6.45, 7) is 2.59. The molecular formula is C10H13N5S2. The largest absolute Gasteiger partial charge is 0.389 e. The summed E-state index contributed by atoms with van der Waals surface area (Å²) in [7, 11) is 1.86. The van der Waals surface area contributed by atoms with Crippen LogP contribution in [0.15, 0.2) is 11.7 Å². The average Bonchev–Trinajstić information content (AvgIpc) is 2.83. The van der Waals surface area contributed by atoms with E-state index in [0.717, 1.165) is 22.0 Å². The number of thiocarbonyl (C=S) groups is 1. The number of aromatic nitrogens is 3. The third kappa shape index (κ3) is 2.45. The monoisotopic (exact) mass is 267 g/mol. The van der Waals surface area contributed by atoms with Crippen molar-refractivity contribution in [2.24, 2.45) is 12.8 Å². The molecule has 0 spiro atoms. The number of rotatable bonds is 4. The van der Waals surface area contributed by atoms with Gasteiger partial charge in [0.1, 0.15) is 10.8 Å². The zero-order valence-electron chi connectivity index (χ0n) is 9.60. The molecule has 17 heavy (non-hydrogen) atoms. The van der Waals surface area contributed by atoms with E-state index in [0.29, 0.717) is 11.5 Å². The lowest BCUT2D eigenvalue weighted by molar-refractivity contribution is 0.758. The topological polar surface area (TPSA) is 68.8 Å². The average molecular weight is 267 g/mol. The Labute approximate surface area is 109 Å². The zero-order chi connectivity index (χ0) is 12.4. The number of aryl methyl sites for hydroxylation is 2. The van der Waals surface area contributed by atoms with Crippen molar-refractivity contribution in [2.45, 2.75) is 13.5 Å². The van der Waals surface area contributed by atoms with Crippen molar-refractivity contribution in [3.8, 4) is 0 Å². The molecule has 2 aromatic heterocycles. The molecule has 0 aliphatic rings. The van der Waals surface area contributed by atoms with E-state index in [-0.39, 0.29) is 0 Å². The highest BCUT2D eigenvalue weighted by Gasteiger charge is 2.15. The van der Waals surface area contributed by atoms with Gasteiger partial charge in [-0.3, -0.25) is 9.67 Å². The first-order chi connectivity index (χ1) is 8.09. The molecule has 7 heteroatoms. The van der Waals surface area contributed by atoms with E-state index in [2.05, 4.69) is 15.4 Å². The van der Waals surface area contributed by atoms with Crippen LogP contribution in [-0.2, 0) is 13.6 Å². The molecule has 2 aromatic rings. The third-order valence-electron chi connectivity index (χ3n) is 2.38. The molecule has 0 amide bonds. The second kappa shape index (κ2) is 4.80. The summed E-state index contributed by atoms with van der Waals surface area (Å²) in [5.74, 6) is 0.850. The summed E-state index contributed by atoms with van der Waals surface area (Å²) in [6.07, 6.45) is 1.83. The van der Waals surface area contributed by atoms with Gasteiger partial charge in [-0.15, -0.1) is 11.3 Å². The lowest BCUT2D eigenvalue weighted by Gasteiger charge is -2.07. The van der Waals surface area contributed by atoms with Gasteiger partial charge in [-0.2, -0.15) is 5.10 Å². The Kier molecular flexibility index (Phi) is 3.39. The van der Waals surface area contributed by atoms with Crippen molar-refractivity contribution in [1.29, 1.82) is 0 Å². The van der Waals surface area contributed by atoms with Crippen LogP contribution in [0.4, 0.5) is 5.82 Å². The van der Waals surface area contributed by atoms with E-state index < -0.39 is 0 Å². The molecule has 0 aromatic carbocycles. The van der Waals surface area contributed by atoms with Crippen molar-refractivity contribution in [3.63, 3.8) is 0 Å². The van der Waals surface area contributed by atoms with Gasteiger partial charge in [0.25, 0.3) is 0 Å². The zero-order valence-corrected chi connectivity index (χ0v) is 11.2. The number of thiazole rings is 1. The fraction of sp³-hybridized carbons (Fsp3) is 0.300. The van der Waals surface area contributed by atoms with Gasteiger partial charge in [0.05, 0.1) is 23.3 Å². The molecule has 0 saturated heterocycles. The minimum Gasteiger partial charge on any atom is -0.389 e. The van der Waals surface area contributed by atoms with Crippen LogP contribution in [0.5, 0.6) is 0 Å². The summed E-state index contributed by atoms with van der Waals surface area (Å²) >= 11 is 6.64. The molecule has 0 aliphatic carbocycles. The van der Waals surface area contributed by atoms with Crippen LogP contribution in [0, 0.1) is 6.92 Å². The first kappa shape index (κ1) is 12.0. The number of nitrogens with one attached hydrogen (secondary N) is 1. The SMILES string of the molecule is Cc1nn(C)c(NCc2cncs2)c1C(N)=S. The van der Waals surface area contributed by atoms with E-state index in [4.69, 9.17) is 18.0 Å². The normalized spacial score (nSPS) is 10.5. The van der Waals surface area contributed by atoms with Crippen LogP contribution in [0.1, 0.15) is 16.1 Å². The second-order valence-electron chi connectivity index (χ2n) is 3.62. The molecule has 0 unspecified atom stereocenters. The molecule has 0 radical (unpaired) electrons. The van der Waals surface area contributed by atoms with E-state index >= 15 is 0 Å². The van der Waals surface area contributed by atoms with Gasteiger partial charge in [0.15, 0.2) is 0 Å². The summed E-state index contributed by atoms with van der Waals surface area (Å²) in [4.78, 5) is 5.54. The highest BCUT2D eigenvalue weighted by Crippen LogP contribution is 2.19. The molecular weight excluding hydrogens is 254 g/mol. The quantitative estimate of drug-likeness (QED) is 0.820. The molecule has 0 bridgehead atoms.